The van der Waals surface area contributed by atoms with Gasteiger partial charge in [-0.25, -0.2) is 0 Å². The van der Waals surface area contributed by atoms with Gasteiger partial charge in [-0.2, -0.15) is 0 Å². The molecule has 1 atom stereocenters. The summed E-state index contributed by atoms with van der Waals surface area (Å²) in [5.41, 5.74) is 0. The molecule has 1 N–H and O–H groups in total. The summed E-state index contributed by atoms with van der Waals surface area (Å²) in [5.74, 6) is 0.981. The number of likely N-dealkylation sites (N-methyl/N-ethyl adjacent to an activating group) is 1. The van der Waals surface area contributed by atoms with Gasteiger partial charge in [-0.3, -0.25) is 0 Å². The Balaban J connectivity index is 1.61. The standard InChI is InChI=1S/C12H24N2/c1-14-8-7-12(10-14)13-9-11-5-3-2-4-6-11/h11-13H,2-10H2,1H3. The van der Waals surface area contributed by atoms with Crippen molar-refractivity contribution in [3.05, 3.63) is 0 Å². The summed E-state index contributed by atoms with van der Waals surface area (Å²) in [6.07, 6.45) is 8.70. The second-order valence-electron chi connectivity index (χ2n) is 5.16. The van der Waals surface area contributed by atoms with E-state index in [2.05, 4.69) is 17.3 Å². The molecule has 0 aromatic heterocycles. The number of likely N-dealkylation sites (tertiary alicyclic amines) is 1. The molecule has 0 amide bonds. The molecule has 1 aliphatic heterocycles. The average Bonchev–Trinajstić information content (AvgIpc) is 2.63. The van der Waals surface area contributed by atoms with Crippen LogP contribution in [-0.4, -0.2) is 37.6 Å². The van der Waals surface area contributed by atoms with Crippen LogP contribution in [0.3, 0.4) is 0 Å². The van der Waals surface area contributed by atoms with Gasteiger partial charge >= 0.3 is 0 Å². The van der Waals surface area contributed by atoms with Gasteiger partial charge in [0.1, 0.15) is 0 Å². The highest BCUT2D eigenvalue weighted by atomic mass is 15.2. The molecule has 1 saturated carbocycles. The Labute approximate surface area is 88.1 Å². The molecule has 0 bridgehead atoms. The minimum atomic E-state index is 0.780. The summed E-state index contributed by atoms with van der Waals surface area (Å²) < 4.78 is 0. The Hall–Kier alpha value is -0.0800. The average molecular weight is 196 g/mol. The third-order valence-corrected chi connectivity index (χ3v) is 3.81. The fraction of sp³-hybridized carbons (Fsp3) is 1.00. The van der Waals surface area contributed by atoms with Gasteiger partial charge in [0, 0.05) is 12.6 Å². The van der Waals surface area contributed by atoms with Crippen LogP contribution in [0.5, 0.6) is 0 Å². The minimum absolute atomic E-state index is 0.780. The molecule has 2 heteroatoms. The summed E-state index contributed by atoms with van der Waals surface area (Å²) in [7, 11) is 2.22. The fourth-order valence-corrected chi connectivity index (χ4v) is 2.83. The van der Waals surface area contributed by atoms with Crippen molar-refractivity contribution in [3.8, 4) is 0 Å². The first-order chi connectivity index (χ1) is 6.84. The zero-order valence-electron chi connectivity index (χ0n) is 9.47. The second-order valence-corrected chi connectivity index (χ2v) is 5.16. The van der Waals surface area contributed by atoms with E-state index in [1.807, 2.05) is 0 Å². The van der Waals surface area contributed by atoms with Gasteiger partial charge in [0.15, 0.2) is 0 Å². The molecular formula is C12H24N2. The van der Waals surface area contributed by atoms with Crippen LogP contribution in [0.2, 0.25) is 0 Å². The molecule has 14 heavy (non-hydrogen) atoms. The van der Waals surface area contributed by atoms with E-state index in [0.29, 0.717) is 0 Å². The SMILES string of the molecule is CN1CCC(NCC2CCCCC2)C1. The number of nitrogens with zero attached hydrogens (tertiary/aromatic N) is 1. The van der Waals surface area contributed by atoms with Gasteiger partial charge < -0.3 is 10.2 Å². The van der Waals surface area contributed by atoms with Gasteiger partial charge in [-0.1, -0.05) is 19.3 Å². The largest absolute Gasteiger partial charge is 0.312 e. The summed E-state index contributed by atoms with van der Waals surface area (Å²) in [5, 5.41) is 3.74. The molecule has 0 spiro atoms. The summed E-state index contributed by atoms with van der Waals surface area (Å²) in [6.45, 7) is 3.81. The first-order valence-corrected chi connectivity index (χ1v) is 6.26. The molecule has 1 unspecified atom stereocenters. The van der Waals surface area contributed by atoms with Crippen LogP contribution >= 0.6 is 0 Å². The maximum absolute atomic E-state index is 3.74. The molecule has 0 aromatic rings. The number of rotatable bonds is 3. The molecule has 2 fully saturated rings. The van der Waals surface area contributed by atoms with Crippen molar-refractivity contribution >= 4 is 0 Å². The molecule has 1 heterocycles. The summed E-state index contributed by atoms with van der Waals surface area (Å²) >= 11 is 0. The number of nitrogens with one attached hydrogen (secondary N) is 1. The molecule has 1 aliphatic carbocycles. The van der Waals surface area contributed by atoms with Crippen molar-refractivity contribution in [2.45, 2.75) is 44.6 Å². The zero-order valence-corrected chi connectivity index (χ0v) is 9.47. The van der Waals surface area contributed by atoms with Gasteiger partial charge in [-0.15, -0.1) is 0 Å². The maximum atomic E-state index is 3.74. The van der Waals surface area contributed by atoms with Crippen LogP contribution in [0.25, 0.3) is 0 Å². The first-order valence-electron chi connectivity index (χ1n) is 6.26. The Morgan fingerprint density at radius 2 is 1.93 bits per heavy atom. The predicted molar refractivity (Wildman–Crippen MR) is 60.5 cm³/mol. The topological polar surface area (TPSA) is 15.3 Å². The smallest absolute Gasteiger partial charge is 0.0207 e. The molecule has 0 aromatic carbocycles. The number of hydrogen-bond donors (Lipinski definition) is 1. The summed E-state index contributed by atoms with van der Waals surface area (Å²) in [6, 6.07) is 0.780. The third-order valence-electron chi connectivity index (χ3n) is 3.81. The van der Waals surface area contributed by atoms with Crippen molar-refractivity contribution < 1.29 is 0 Å². The van der Waals surface area contributed by atoms with E-state index < -0.39 is 0 Å². The highest BCUT2D eigenvalue weighted by Gasteiger charge is 2.20. The Bertz CT molecular complexity index is 159. The van der Waals surface area contributed by atoms with Crippen LogP contribution in [0.1, 0.15) is 38.5 Å². The van der Waals surface area contributed by atoms with Crippen molar-refractivity contribution in [1.82, 2.24) is 10.2 Å². The highest BCUT2D eigenvalue weighted by Crippen LogP contribution is 2.23. The lowest BCUT2D eigenvalue weighted by molar-refractivity contribution is 0.323. The highest BCUT2D eigenvalue weighted by molar-refractivity contribution is 4.80. The Morgan fingerprint density at radius 1 is 1.14 bits per heavy atom. The Morgan fingerprint density at radius 3 is 2.57 bits per heavy atom. The predicted octanol–water partition coefficient (Wildman–Crippen LogP) is 1.86. The Kier molecular flexibility index (Phi) is 3.82. The molecule has 1 saturated heterocycles. The van der Waals surface area contributed by atoms with Gasteiger partial charge in [0.25, 0.3) is 0 Å². The van der Waals surface area contributed by atoms with E-state index in [1.54, 1.807) is 0 Å². The summed E-state index contributed by atoms with van der Waals surface area (Å²) in [4.78, 5) is 2.43. The molecule has 2 nitrogen and oxygen atoms in total. The van der Waals surface area contributed by atoms with Gasteiger partial charge in [0.2, 0.25) is 0 Å². The lowest BCUT2D eigenvalue weighted by atomic mass is 9.89. The molecule has 2 rings (SSSR count). The maximum Gasteiger partial charge on any atom is 0.0207 e. The van der Waals surface area contributed by atoms with Crippen LogP contribution in [0.15, 0.2) is 0 Å². The lowest BCUT2D eigenvalue weighted by Crippen LogP contribution is -2.35. The molecule has 2 aliphatic rings. The number of hydrogen-bond acceptors (Lipinski definition) is 2. The van der Waals surface area contributed by atoms with E-state index in [-0.39, 0.29) is 0 Å². The van der Waals surface area contributed by atoms with Crippen LogP contribution in [0, 0.1) is 5.92 Å². The molecule has 82 valence electrons. The van der Waals surface area contributed by atoms with Crippen molar-refractivity contribution in [1.29, 1.82) is 0 Å². The quantitative estimate of drug-likeness (QED) is 0.741. The third kappa shape index (κ3) is 2.96. The first kappa shape index (κ1) is 10.4. The molecule has 0 radical (unpaired) electrons. The zero-order chi connectivity index (χ0) is 9.80. The van der Waals surface area contributed by atoms with Crippen LogP contribution in [0.4, 0.5) is 0 Å². The van der Waals surface area contributed by atoms with E-state index in [1.165, 1.54) is 58.2 Å². The second kappa shape index (κ2) is 5.13. The van der Waals surface area contributed by atoms with E-state index in [4.69, 9.17) is 0 Å². The van der Waals surface area contributed by atoms with Gasteiger partial charge in [0.05, 0.1) is 0 Å². The fourth-order valence-electron chi connectivity index (χ4n) is 2.83. The van der Waals surface area contributed by atoms with Crippen molar-refractivity contribution in [2.24, 2.45) is 5.92 Å². The van der Waals surface area contributed by atoms with E-state index in [9.17, 15) is 0 Å². The van der Waals surface area contributed by atoms with Crippen molar-refractivity contribution in [3.63, 3.8) is 0 Å². The van der Waals surface area contributed by atoms with Crippen molar-refractivity contribution in [2.75, 3.05) is 26.7 Å². The lowest BCUT2D eigenvalue weighted by Gasteiger charge is -2.23. The van der Waals surface area contributed by atoms with Crippen LogP contribution < -0.4 is 5.32 Å². The van der Waals surface area contributed by atoms with Crippen LogP contribution in [-0.2, 0) is 0 Å². The normalized spacial score (nSPS) is 31.1. The van der Waals surface area contributed by atoms with E-state index >= 15 is 0 Å². The van der Waals surface area contributed by atoms with E-state index in [0.717, 1.165) is 12.0 Å². The molecular weight excluding hydrogens is 172 g/mol. The monoisotopic (exact) mass is 196 g/mol. The van der Waals surface area contributed by atoms with Gasteiger partial charge in [-0.05, 0) is 45.3 Å². The minimum Gasteiger partial charge on any atom is -0.312 e.